The van der Waals surface area contributed by atoms with Crippen LogP contribution in [0, 0.1) is 11.6 Å². The van der Waals surface area contributed by atoms with E-state index in [1.165, 1.54) is 18.3 Å². The van der Waals surface area contributed by atoms with Crippen LogP contribution in [0.3, 0.4) is 0 Å². The van der Waals surface area contributed by atoms with E-state index in [2.05, 4.69) is 4.98 Å². The molecule has 2 aromatic rings. The van der Waals surface area contributed by atoms with Gasteiger partial charge in [0.05, 0.1) is 5.52 Å². The third-order valence-corrected chi connectivity index (χ3v) is 2.25. The Labute approximate surface area is 85.2 Å². The first-order valence-electron chi connectivity index (χ1n) is 4.56. The molecule has 0 fully saturated rings. The smallest absolute Gasteiger partial charge is 0.138 e. The Hall–Kier alpha value is -1.55. The van der Waals surface area contributed by atoms with Crippen LogP contribution in [0.4, 0.5) is 8.78 Å². The van der Waals surface area contributed by atoms with Crippen molar-refractivity contribution in [3.8, 4) is 0 Å². The Morgan fingerprint density at radius 1 is 1.33 bits per heavy atom. The Morgan fingerprint density at radius 3 is 2.87 bits per heavy atom. The Kier molecular flexibility index (Phi) is 2.60. The van der Waals surface area contributed by atoms with Gasteiger partial charge in [-0.1, -0.05) is 0 Å². The van der Waals surface area contributed by atoms with Gasteiger partial charge in [-0.05, 0) is 12.1 Å². The number of aromatic nitrogens is 1. The van der Waals surface area contributed by atoms with Crippen LogP contribution >= 0.6 is 0 Å². The molecule has 0 atom stereocenters. The van der Waals surface area contributed by atoms with Gasteiger partial charge in [-0.2, -0.15) is 0 Å². The second-order valence-electron chi connectivity index (χ2n) is 3.19. The molecule has 0 aliphatic carbocycles. The zero-order valence-electron chi connectivity index (χ0n) is 7.87. The van der Waals surface area contributed by atoms with Crippen LogP contribution in [-0.2, 0) is 6.42 Å². The second-order valence-corrected chi connectivity index (χ2v) is 3.19. The van der Waals surface area contributed by atoms with Crippen molar-refractivity contribution in [1.82, 2.24) is 4.98 Å². The number of nitrogens with zero attached hydrogens (tertiary/aromatic N) is 1. The lowest BCUT2D eigenvalue weighted by Crippen LogP contribution is -2.00. The minimum atomic E-state index is -0.659. The van der Waals surface area contributed by atoms with Crippen molar-refractivity contribution < 1.29 is 13.9 Å². The predicted octanol–water partition coefficient (Wildman–Crippen LogP) is 2.05. The lowest BCUT2D eigenvalue weighted by atomic mass is 10.1. The summed E-state index contributed by atoms with van der Waals surface area (Å²) in [5, 5.41) is 8.97. The van der Waals surface area contributed by atoms with Crippen molar-refractivity contribution in [2.45, 2.75) is 6.42 Å². The maximum absolute atomic E-state index is 13.7. The fourth-order valence-electron chi connectivity index (χ4n) is 1.53. The molecule has 0 saturated heterocycles. The number of rotatable bonds is 2. The fraction of sp³-hybridized carbons (Fsp3) is 0.182. The van der Waals surface area contributed by atoms with Gasteiger partial charge in [0.2, 0.25) is 0 Å². The highest BCUT2D eigenvalue weighted by Crippen LogP contribution is 2.22. The molecule has 0 unspecified atom stereocenters. The van der Waals surface area contributed by atoms with E-state index in [0.717, 1.165) is 0 Å². The van der Waals surface area contributed by atoms with E-state index in [9.17, 15) is 8.78 Å². The van der Waals surface area contributed by atoms with E-state index >= 15 is 0 Å². The Bertz CT molecular complexity index is 499. The largest absolute Gasteiger partial charge is 0.396 e. The summed E-state index contributed by atoms with van der Waals surface area (Å²) >= 11 is 0. The zero-order chi connectivity index (χ0) is 10.8. The minimum Gasteiger partial charge on any atom is -0.396 e. The normalized spacial score (nSPS) is 10.9. The lowest BCUT2D eigenvalue weighted by Gasteiger charge is -2.06. The zero-order valence-corrected chi connectivity index (χ0v) is 7.87. The van der Waals surface area contributed by atoms with Gasteiger partial charge in [0.15, 0.2) is 0 Å². The molecule has 0 radical (unpaired) electrons. The number of aliphatic hydroxyl groups excluding tert-OH is 1. The van der Waals surface area contributed by atoms with Crippen LogP contribution in [0.5, 0.6) is 0 Å². The third-order valence-electron chi connectivity index (χ3n) is 2.25. The van der Waals surface area contributed by atoms with Crippen LogP contribution in [0.25, 0.3) is 10.9 Å². The molecule has 15 heavy (non-hydrogen) atoms. The minimum absolute atomic E-state index is 0.0253. The monoisotopic (exact) mass is 209 g/mol. The van der Waals surface area contributed by atoms with Gasteiger partial charge in [-0.25, -0.2) is 8.78 Å². The number of aliphatic hydroxyl groups is 1. The molecule has 0 bridgehead atoms. The molecule has 1 N–H and O–H groups in total. The van der Waals surface area contributed by atoms with Crippen LogP contribution < -0.4 is 0 Å². The molecular formula is C11H9F2NO. The molecule has 0 aliphatic heterocycles. The SMILES string of the molecule is OCCc1c(F)cc2ncccc2c1F. The number of halogens is 2. The number of hydrogen-bond donors (Lipinski definition) is 1. The average Bonchev–Trinajstić information content (AvgIpc) is 2.24. The van der Waals surface area contributed by atoms with Crippen LogP contribution in [0.1, 0.15) is 5.56 Å². The van der Waals surface area contributed by atoms with E-state index in [-0.39, 0.29) is 29.5 Å². The van der Waals surface area contributed by atoms with Gasteiger partial charge in [-0.15, -0.1) is 0 Å². The van der Waals surface area contributed by atoms with E-state index in [4.69, 9.17) is 5.11 Å². The van der Waals surface area contributed by atoms with Crippen molar-refractivity contribution in [3.63, 3.8) is 0 Å². The third kappa shape index (κ3) is 1.68. The number of hydrogen-bond acceptors (Lipinski definition) is 2. The first-order valence-corrected chi connectivity index (χ1v) is 4.56. The number of fused-ring (bicyclic) bond motifs is 1. The molecule has 1 heterocycles. The summed E-state index contributed by atoms with van der Waals surface area (Å²) in [6.07, 6.45) is 1.45. The molecule has 2 nitrogen and oxygen atoms in total. The summed E-state index contributed by atoms with van der Waals surface area (Å²) in [5.74, 6) is -1.29. The summed E-state index contributed by atoms with van der Waals surface area (Å²) in [6.45, 7) is -0.278. The van der Waals surface area contributed by atoms with Gasteiger partial charge in [0.25, 0.3) is 0 Å². The van der Waals surface area contributed by atoms with Gasteiger partial charge in [-0.3, -0.25) is 4.98 Å². The summed E-state index contributed by atoms with van der Waals surface area (Å²) in [5.41, 5.74) is 0.201. The lowest BCUT2D eigenvalue weighted by molar-refractivity contribution is 0.295. The van der Waals surface area contributed by atoms with Crippen molar-refractivity contribution in [1.29, 1.82) is 0 Å². The summed E-state index contributed by atoms with van der Waals surface area (Å²) < 4.78 is 27.1. The topological polar surface area (TPSA) is 33.1 Å². The molecule has 78 valence electrons. The first-order chi connectivity index (χ1) is 7.24. The van der Waals surface area contributed by atoms with Gasteiger partial charge in [0.1, 0.15) is 11.6 Å². The standard InChI is InChI=1S/C11H9F2NO/c12-9-6-10-8(2-1-4-14-10)11(13)7(9)3-5-15/h1-2,4,6,15H,3,5H2. The summed E-state index contributed by atoms with van der Waals surface area (Å²) in [6, 6.07) is 4.31. The summed E-state index contributed by atoms with van der Waals surface area (Å²) in [7, 11) is 0. The molecule has 0 aliphatic rings. The van der Waals surface area contributed by atoms with Crippen molar-refractivity contribution in [2.24, 2.45) is 0 Å². The Balaban J connectivity index is 2.72. The molecule has 0 amide bonds. The molecule has 1 aromatic heterocycles. The highest BCUT2D eigenvalue weighted by atomic mass is 19.1. The van der Waals surface area contributed by atoms with E-state index in [0.29, 0.717) is 0 Å². The molecule has 2 rings (SSSR count). The van der Waals surface area contributed by atoms with Crippen molar-refractivity contribution >= 4 is 10.9 Å². The highest BCUT2D eigenvalue weighted by Gasteiger charge is 2.13. The summed E-state index contributed by atoms with van der Waals surface area (Å²) in [4.78, 5) is 3.86. The van der Waals surface area contributed by atoms with Crippen molar-refractivity contribution in [3.05, 3.63) is 41.6 Å². The van der Waals surface area contributed by atoms with Crippen LogP contribution in [0.2, 0.25) is 0 Å². The first kappa shape index (κ1) is 9.98. The van der Waals surface area contributed by atoms with E-state index < -0.39 is 11.6 Å². The molecule has 4 heteroatoms. The maximum atomic E-state index is 13.7. The quantitative estimate of drug-likeness (QED) is 0.821. The molecule has 0 spiro atoms. The molecule has 0 saturated carbocycles. The van der Waals surface area contributed by atoms with Crippen LogP contribution in [0.15, 0.2) is 24.4 Å². The van der Waals surface area contributed by atoms with Gasteiger partial charge in [0, 0.05) is 36.2 Å². The maximum Gasteiger partial charge on any atom is 0.138 e. The van der Waals surface area contributed by atoms with Gasteiger partial charge < -0.3 is 5.11 Å². The average molecular weight is 209 g/mol. The van der Waals surface area contributed by atoms with Crippen LogP contribution in [-0.4, -0.2) is 16.7 Å². The van der Waals surface area contributed by atoms with Crippen molar-refractivity contribution in [2.75, 3.05) is 6.61 Å². The van der Waals surface area contributed by atoms with E-state index in [1.807, 2.05) is 0 Å². The second kappa shape index (κ2) is 3.90. The fourth-order valence-corrected chi connectivity index (χ4v) is 1.53. The van der Waals surface area contributed by atoms with Gasteiger partial charge >= 0.3 is 0 Å². The number of pyridine rings is 1. The van der Waals surface area contributed by atoms with E-state index in [1.54, 1.807) is 6.07 Å². The predicted molar refractivity (Wildman–Crippen MR) is 52.4 cm³/mol. The molecule has 1 aromatic carbocycles. The Morgan fingerprint density at radius 2 is 2.13 bits per heavy atom. The highest BCUT2D eigenvalue weighted by molar-refractivity contribution is 5.80. The molecular weight excluding hydrogens is 200 g/mol. The number of benzene rings is 1.